The van der Waals surface area contributed by atoms with Gasteiger partial charge in [-0.15, -0.1) is 0 Å². The largest absolute Gasteiger partial charge is 0.488 e. The maximum absolute atomic E-state index is 13.1. The minimum absolute atomic E-state index is 0.177. The average molecular weight is 473 g/mol. The molecule has 0 fully saturated rings. The molecule has 5 aromatic rings. The molecule has 8 nitrogen and oxygen atoms in total. The molecule has 0 bridgehead atoms. The summed E-state index contributed by atoms with van der Waals surface area (Å²) in [5, 5.41) is 9.56. The number of hydrogen-bond donors (Lipinski definition) is 0. The van der Waals surface area contributed by atoms with Crippen molar-refractivity contribution in [1.82, 2.24) is 15.3 Å². The number of carbonyl (C=O) groups is 1. The molecule has 35 heavy (non-hydrogen) atoms. The number of esters is 1. The third kappa shape index (κ3) is 4.74. The Morgan fingerprint density at radius 3 is 2.40 bits per heavy atom. The zero-order valence-corrected chi connectivity index (χ0v) is 18.9. The highest BCUT2D eigenvalue weighted by atomic mass is 19.1. The van der Waals surface area contributed by atoms with Gasteiger partial charge in [-0.2, -0.15) is 4.98 Å². The van der Waals surface area contributed by atoms with Crippen molar-refractivity contribution in [3.63, 3.8) is 0 Å². The molecule has 3 aromatic carbocycles. The number of rotatable bonds is 7. The summed E-state index contributed by atoms with van der Waals surface area (Å²) < 4.78 is 35.0. The number of hydrogen-bond acceptors (Lipinski definition) is 8. The van der Waals surface area contributed by atoms with E-state index in [9.17, 15) is 9.18 Å². The summed E-state index contributed by atoms with van der Waals surface area (Å²) in [6, 6.07) is 16.8. The maximum atomic E-state index is 13.1. The van der Waals surface area contributed by atoms with Gasteiger partial charge in [0, 0.05) is 5.56 Å². The fourth-order valence-corrected chi connectivity index (χ4v) is 3.59. The first-order valence-electron chi connectivity index (χ1n) is 10.8. The molecule has 0 saturated carbocycles. The topological polar surface area (TPSA) is 100 Å². The molecule has 5 rings (SSSR count). The molecule has 0 N–H and O–H groups in total. The van der Waals surface area contributed by atoms with E-state index < -0.39 is 5.97 Å². The molecular weight excluding hydrogens is 453 g/mol. The summed E-state index contributed by atoms with van der Waals surface area (Å²) in [4.78, 5) is 17.2. The van der Waals surface area contributed by atoms with Gasteiger partial charge in [-0.25, -0.2) is 9.18 Å². The Labute approximate surface area is 199 Å². The van der Waals surface area contributed by atoms with Crippen LogP contribution >= 0.6 is 0 Å². The molecule has 0 aliphatic heterocycles. The Morgan fingerprint density at radius 1 is 0.943 bits per heavy atom. The Balaban J connectivity index is 1.35. The molecule has 0 aliphatic rings. The van der Waals surface area contributed by atoms with E-state index in [4.69, 9.17) is 18.5 Å². The van der Waals surface area contributed by atoms with E-state index in [0.717, 1.165) is 22.0 Å². The van der Waals surface area contributed by atoms with E-state index in [2.05, 4.69) is 15.3 Å². The van der Waals surface area contributed by atoms with E-state index in [1.807, 2.05) is 31.2 Å². The molecular formula is C26H20FN3O5. The number of aryl methyl sites for hydroxylation is 2. The molecule has 0 unspecified atom stereocenters. The summed E-state index contributed by atoms with van der Waals surface area (Å²) in [6.07, 6.45) is 0. The molecule has 0 aliphatic carbocycles. The van der Waals surface area contributed by atoms with Crippen LogP contribution < -0.4 is 4.74 Å². The number of fused-ring (bicyclic) bond motifs is 1. The summed E-state index contributed by atoms with van der Waals surface area (Å²) >= 11 is 0. The number of benzene rings is 3. The van der Waals surface area contributed by atoms with Crippen LogP contribution in [-0.2, 0) is 18.0 Å². The van der Waals surface area contributed by atoms with Gasteiger partial charge in [0.1, 0.15) is 29.5 Å². The van der Waals surface area contributed by atoms with Crippen molar-refractivity contribution in [2.45, 2.75) is 27.1 Å². The molecule has 2 aromatic heterocycles. The van der Waals surface area contributed by atoms with Crippen LogP contribution in [0.15, 0.2) is 69.7 Å². The fraction of sp³-hybridized carbons (Fsp3) is 0.154. The van der Waals surface area contributed by atoms with Crippen molar-refractivity contribution in [3.05, 3.63) is 94.9 Å². The van der Waals surface area contributed by atoms with Crippen LogP contribution in [0.2, 0.25) is 0 Å². The Morgan fingerprint density at radius 2 is 1.69 bits per heavy atom. The lowest BCUT2D eigenvalue weighted by Crippen LogP contribution is -2.09. The highest BCUT2D eigenvalue weighted by molar-refractivity contribution is 5.98. The standard InChI is InChI=1S/C26H20FN3O5/c1-15-22(16(2)34-29-15)13-32-23-12-19-6-4-3-5-18(19)11-21(23)26(31)33-14-24-28-25(35-30-24)17-7-9-20(27)10-8-17/h3-12H,13-14H2,1-2H3. The summed E-state index contributed by atoms with van der Waals surface area (Å²) in [7, 11) is 0. The number of ether oxygens (including phenoxy) is 2. The number of aromatic nitrogens is 3. The quantitative estimate of drug-likeness (QED) is 0.283. The molecule has 0 saturated heterocycles. The normalized spacial score (nSPS) is 11.1. The minimum atomic E-state index is -0.599. The maximum Gasteiger partial charge on any atom is 0.342 e. The molecule has 0 radical (unpaired) electrons. The van der Waals surface area contributed by atoms with Gasteiger partial charge >= 0.3 is 5.97 Å². The number of nitrogens with zero attached hydrogens (tertiary/aromatic N) is 3. The van der Waals surface area contributed by atoms with Gasteiger partial charge in [-0.3, -0.25) is 0 Å². The van der Waals surface area contributed by atoms with Crippen molar-refractivity contribution in [2.75, 3.05) is 0 Å². The Bertz CT molecular complexity index is 1490. The van der Waals surface area contributed by atoms with Gasteiger partial charge in [0.2, 0.25) is 5.82 Å². The number of carbonyl (C=O) groups excluding carboxylic acids is 1. The van der Waals surface area contributed by atoms with Gasteiger partial charge in [0.25, 0.3) is 5.89 Å². The highest BCUT2D eigenvalue weighted by Gasteiger charge is 2.19. The van der Waals surface area contributed by atoms with Crippen molar-refractivity contribution in [3.8, 4) is 17.2 Å². The summed E-state index contributed by atoms with van der Waals surface area (Å²) in [5.41, 5.74) is 2.36. The fourth-order valence-electron chi connectivity index (χ4n) is 3.59. The van der Waals surface area contributed by atoms with E-state index in [1.54, 1.807) is 19.1 Å². The van der Waals surface area contributed by atoms with Crippen molar-refractivity contribution < 1.29 is 27.7 Å². The van der Waals surface area contributed by atoms with Crippen LogP contribution in [0, 0.1) is 19.7 Å². The minimum Gasteiger partial charge on any atom is -0.488 e. The second-order valence-corrected chi connectivity index (χ2v) is 7.89. The number of halogens is 1. The Kier molecular flexibility index (Phi) is 5.97. The zero-order valence-electron chi connectivity index (χ0n) is 18.9. The van der Waals surface area contributed by atoms with Crippen molar-refractivity contribution in [1.29, 1.82) is 0 Å². The van der Waals surface area contributed by atoms with Crippen molar-refractivity contribution >= 4 is 16.7 Å². The van der Waals surface area contributed by atoms with Crippen LogP contribution in [-0.4, -0.2) is 21.3 Å². The molecule has 0 spiro atoms. The smallest absolute Gasteiger partial charge is 0.342 e. The summed E-state index contributed by atoms with van der Waals surface area (Å²) in [6.45, 7) is 3.61. The van der Waals surface area contributed by atoms with Gasteiger partial charge in [0.05, 0.1) is 11.3 Å². The Hall–Kier alpha value is -4.53. The lowest BCUT2D eigenvalue weighted by atomic mass is 10.1. The second-order valence-electron chi connectivity index (χ2n) is 7.89. The third-order valence-electron chi connectivity index (χ3n) is 5.51. The average Bonchev–Trinajstić information content (AvgIpc) is 3.47. The molecule has 2 heterocycles. The van der Waals surface area contributed by atoms with E-state index >= 15 is 0 Å². The molecule has 176 valence electrons. The predicted octanol–water partition coefficient (Wildman–Crippen LogP) is 5.57. The zero-order chi connectivity index (χ0) is 24.4. The predicted molar refractivity (Wildman–Crippen MR) is 123 cm³/mol. The monoisotopic (exact) mass is 473 g/mol. The van der Waals surface area contributed by atoms with Crippen LogP contribution in [0.5, 0.6) is 5.75 Å². The first-order chi connectivity index (χ1) is 17.0. The SMILES string of the molecule is Cc1noc(C)c1COc1cc2ccccc2cc1C(=O)OCc1noc(-c2ccc(F)cc2)n1. The lowest BCUT2D eigenvalue weighted by Gasteiger charge is -2.12. The first-order valence-corrected chi connectivity index (χ1v) is 10.8. The van der Waals surface area contributed by atoms with E-state index in [-0.39, 0.29) is 36.3 Å². The van der Waals surface area contributed by atoms with Crippen LogP contribution in [0.25, 0.3) is 22.2 Å². The van der Waals surface area contributed by atoms with Gasteiger partial charge < -0.3 is 18.5 Å². The second kappa shape index (κ2) is 9.38. The van der Waals surface area contributed by atoms with Crippen molar-refractivity contribution in [2.24, 2.45) is 0 Å². The van der Waals surface area contributed by atoms with Crippen LogP contribution in [0.1, 0.15) is 33.2 Å². The lowest BCUT2D eigenvalue weighted by molar-refractivity contribution is 0.0455. The van der Waals surface area contributed by atoms with E-state index in [0.29, 0.717) is 17.1 Å². The summed E-state index contributed by atoms with van der Waals surface area (Å²) in [5.74, 6) is 0.431. The first kappa shape index (κ1) is 22.3. The van der Waals surface area contributed by atoms with Crippen LogP contribution in [0.4, 0.5) is 4.39 Å². The van der Waals surface area contributed by atoms with Gasteiger partial charge in [-0.05, 0) is 61.0 Å². The highest BCUT2D eigenvalue weighted by Crippen LogP contribution is 2.29. The van der Waals surface area contributed by atoms with Gasteiger partial charge in [0.15, 0.2) is 6.61 Å². The molecule has 0 atom stereocenters. The van der Waals surface area contributed by atoms with E-state index in [1.165, 1.54) is 24.3 Å². The molecule has 0 amide bonds. The molecule has 9 heteroatoms. The van der Waals surface area contributed by atoms with Crippen LogP contribution in [0.3, 0.4) is 0 Å². The van der Waals surface area contributed by atoms with Gasteiger partial charge in [-0.1, -0.05) is 34.6 Å². The third-order valence-corrected chi connectivity index (χ3v) is 5.51.